The Morgan fingerprint density at radius 2 is 1.14 bits per heavy atom. The quantitative estimate of drug-likeness (QED) is 0.284. The van der Waals surface area contributed by atoms with Crippen LogP contribution in [0.25, 0.3) is 0 Å². The molecule has 0 aliphatic carbocycles. The molecule has 0 amide bonds. The van der Waals surface area contributed by atoms with Crippen molar-refractivity contribution >= 4 is 63.1 Å². The minimum absolute atomic E-state index is 0. The number of hydrogen-bond acceptors (Lipinski definition) is 1. The van der Waals surface area contributed by atoms with Crippen molar-refractivity contribution in [3.63, 3.8) is 0 Å². The molecule has 7 heteroatoms. The van der Waals surface area contributed by atoms with Gasteiger partial charge in [-0.2, -0.15) is 0 Å². The molecule has 0 saturated heterocycles. The molecule has 7 heavy (non-hydrogen) atoms. The van der Waals surface area contributed by atoms with Gasteiger partial charge in [0, 0.05) is 46.8 Å². The Kier molecular flexibility index (Phi) is 292. The predicted molar refractivity (Wildman–Crippen MR) is 40.2 cm³/mol. The van der Waals surface area contributed by atoms with Crippen molar-refractivity contribution in [2.75, 3.05) is 0 Å². The summed E-state index contributed by atoms with van der Waals surface area (Å²) >= 11 is 0.733. The molecule has 0 aromatic heterocycles. The fraction of sp³-hybridized carbons (Fsp3) is 0. The molecule has 0 nitrogen and oxygen atoms in total. The molecular weight excluding hydrogens is 538 g/mol. The first-order chi connectivity index (χ1) is 1.00. The molecule has 0 unspecified atom stereocenters. The zero-order valence-electron chi connectivity index (χ0n) is 2.53. The van der Waals surface area contributed by atoms with Crippen LogP contribution in [0.3, 0.4) is 0 Å². The molecule has 0 aliphatic heterocycles. The van der Waals surface area contributed by atoms with Crippen LogP contribution in [0.2, 0.25) is 0 Å². The van der Waals surface area contributed by atoms with Crippen LogP contribution in [0.1, 0.15) is 0 Å². The van der Waals surface area contributed by atoms with Crippen LogP contribution in [0.4, 0.5) is 0 Å². The van der Waals surface area contributed by atoms with E-state index in [9.17, 15) is 0 Å². The largest absolute Gasteiger partial charge is 0.0149 e. The second-order valence-corrected chi connectivity index (χ2v) is 0. The number of rotatable bonds is 0. The third-order valence-electron chi connectivity index (χ3n) is 0. The van der Waals surface area contributed by atoms with Gasteiger partial charge >= 0.3 is 75.8 Å². The van der Waals surface area contributed by atoms with E-state index in [2.05, 4.69) is 8.65 Å². The van der Waals surface area contributed by atoms with E-state index in [0.29, 0.717) is 0 Å². The Balaban J connectivity index is -0.000000000500. The average Bonchev–Trinajstić information content (AvgIpc) is 1.00. The first-order valence-electron chi connectivity index (χ1n) is 0.289. The van der Waals surface area contributed by atoms with Gasteiger partial charge in [0.15, 0.2) is 0 Å². The second kappa shape index (κ2) is 48.1. The Morgan fingerprint density at radius 1 is 1.14 bits per heavy atom. The van der Waals surface area contributed by atoms with Gasteiger partial charge in [-0.25, -0.2) is 0 Å². The molecule has 0 aromatic rings. The van der Waals surface area contributed by atoms with Crippen molar-refractivity contribution < 1.29 is 70.5 Å². The molecule has 0 aromatic carbocycles. The van der Waals surface area contributed by atoms with Crippen molar-refractivity contribution in [2.45, 2.75) is 0 Å². The maximum atomic E-state index is 4.25. The average molecular weight is 549 g/mol. The molecule has 0 atom stereocenters. The van der Waals surface area contributed by atoms with Gasteiger partial charge < -0.3 is 0 Å². The van der Waals surface area contributed by atoms with Gasteiger partial charge in [0.1, 0.15) is 0 Å². The molecule has 0 N–H and O–H groups in total. The van der Waals surface area contributed by atoms with E-state index in [1.54, 1.807) is 0 Å². The summed E-state index contributed by atoms with van der Waals surface area (Å²) in [6.07, 6.45) is 0. The van der Waals surface area contributed by atoms with Crippen LogP contribution in [0, 0.1) is 0 Å². The molecule has 0 rings (SSSR count). The van der Waals surface area contributed by atoms with E-state index in [1.165, 1.54) is 0 Å². The third kappa shape index (κ3) is 38.3. The minimum Gasteiger partial charge on any atom is -0.0149 e. The van der Waals surface area contributed by atoms with Crippen LogP contribution < -0.4 is 0 Å². The zero-order valence-corrected chi connectivity index (χ0v) is 14.4. The van der Waals surface area contributed by atoms with Crippen molar-refractivity contribution in [1.29, 1.82) is 0 Å². The van der Waals surface area contributed by atoms with Crippen molar-refractivity contribution in [3.05, 3.63) is 0 Å². The molecule has 34 valence electrons. The topological polar surface area (TPSA) is 0 Å². The number of hydrogen-bond donors (Lipinski definition) is 0. The summed E-state index contributed by atoms with van der Waals surface area (Å²) in [5, 5.41) is 0. The SMILES string of the molecule is [Cd].[GeH4].[InH3].[S]=[Cd].[SiH4].[Zn]. The minimum atomic E-state index is 0. The Bertz CT molecular complexity index is 17.7. The van der Waals surface area contributed by atoms with Crippen molar-refractivity contribution in [2.24, 2.45) is 0 Å². The standard InChI is InChI=1S/2Cd.GeH4.In.S.H4Si.Zn.3H/h;;1H4;;;1H4;;;;. The van der Waals surface area contributed by atoms with Gasteiger partial charge in [0.2, 0.25) is 0 Å². The van der Waals surface area contributed by atoms with E-state index in [4.69, 9.17) is 0 Å². The summed E-state index contributed by atoms with van der Waals surface area (Å²) in [7, 11) is 4.25. The van der Waals surface area contributed by atoms with Gasteiger partial charge in [0.05, 0.1) is 0 Å². The first kappa shape index (κ1) is 42.6. The smallest absolute Gasteiger partial charge is 0 e. The van der Waals surface area contributed by atoms with Crippen LogP contribution in [-0.4, -0.2) is 54.4 Å². The van der Waals surface area contributed by atoms with Crippen molar-refractivity contribution in [3.8, 4) is 0 Å². The van der Waals surface area contributed by atoms with Crippen molar-refractivity contribution in [1.82, 2.24) is 0 Å². The van der Waals surface area contributed by atoms with Gasteiger partial charge in [-0.1, -0.05) is 0 Å². The second-order valence-electron chi connectivity index (χ2n) is 0. The third-order valence-corrected chi connectivity index (χ3v) is 0. The van der Waals surface area contributed by atoms with Gasteiger partial charge in [0.25, 0.3) is 0 Å². The van der Waals surface area contributed by atoms with E-state index in [1.807, 2.05) is 0 Å². The van der Waals surface area contributed by atoms with Gasteiger partial charge in [-0.05, 0) is 11.0 Å². The van der Waals surface area contributed by atoms with E-state index in [-0.39, 0.29) is 101 Å². The summed E-state index contributed by atoms with van der Waals surface area (Å²) in [4.78, 5) is 0. The van der Waals surface area contributed by atoms with E-state index in [0.717, 1.165) is 23.7 Å². The van der Waals surface area contributed by atoms with Gasteiger partial charge in [-0.15, -0.1) is 0 Å². The normalized spacial score (nSPS) is 0.857. The maximum absolute atomic E-state index is 4.25. The summed E-state index contributed by atoms with van der Waals surface area (Å²) < 4.78 is 0. The van der Waals surface area contributed by atoms with Crippen LogP contribution in [0.5, 0.6) is 0 Å². The molecule has 0 heterocycles. The summed E-state index contributed by atoms with van der Waals surface area (Å²) in [6.45, 7) is 0. The molecule has 0 fully saturated rings. The molecule has 0 bridgehead atoms. The zero-order chi connectivity index (χ0) is 2.00. The van der Waals surface area contributed by atoms with E-state index >= 15 is 0 Å². The Labute approximate surface area is 130 Å². The molecule has 0 saturated carbocycles. The summed E-state index contributed by atoms with van der Waals surface area (Å²) in [5.74, 6) is 0. The molecule has 0 aliphatic rings. The fourth-order valence-electron chi connectivity index (χ4n) is 0. The Morgan fingerprint density at radius 3 is 1.14 bits per heavy atom. The van der Waals surface area contributed by atoms with Crippen LogP contribution in [-0.2, 0) is 70.5 Å². The van der Waals surface area contributed by atoms with E-state index < -0.39 is 0 Å². The van der Waals surface area contributed by atoms with Crippen LogP contribution in [0.15, 0.2) is 0 Å². The summed E-state index contributed by atoms with van der Waals surface area (Å²) in [5.41, 5.74) is 0. The Hall–Kier alpha value is 4.32. The van der Waals surface area contributed by atoms with Gasteiger partial charge in [-0.3, -0.25) is 0 Å². The monoisotopic (exact) mass is 552 g/mol. The first-order valence-corrected chi connectivity index (χ1v) is 5.81. The fourth-order valence-corrected chi connectivity index (χ4v) is 0. The molecule has 0 radical (unpaired) electrons. The molecular formula is H11Cd2GeInSSiZn. The predicted octanol–water partition coefficient (Wildman–Crippen LogP) is -3.45. The summed E-state index contributed by atoms with van der Waals surface area (Å²) in [6, 6.07) is 0. The molecule has 0 spiro atoms. The van der Waals surface area contributed by atoms with Crippen LogP contribution >= 0.6 is 8.65 Å². The maximum Gasteiger partial charge on any atom is 0 e.